The lowest BCUT2D eigenvalue weighted by Crippen LogP contribution is -2.03. The molecule has 0 amide bonds. The molecular formula is C11H10O3S. The summed E-state index contributed by atoms with van der Waals surface area (Å²) in [7, 11) is 0. The summed E-state index contributed by atoms with van der Waals surface area (Å²) in [6.45, 7) is 0. The van der Waals surface area contributed by atoms with Gasteiger partial charge in [-0.15, -0.1) is 0 Å². The number of ketones is 1. The smallest absolute Gasteiger partial charge is 0.303 e. The highest BCUT2D eigenvalue weighted by molar-refractivity contribution is 7.79. The maximum Gasteiger partial charge on any atom is 0.303 e. The zero-order chi connectivity index (χ0) is 11.3. The van der Waals surface area contributed by atoms with Crippen molar-refractivity contribution in [3.05, 3.63) is 35.4 Å². The van der Waals surface area contributed by atoms with Gasteiger partial charge in [-0.05, 0) is 5.56 Å². The molecule has 1 N–H and O–H groups in total. The fourth-order valence-electron chi connectivity index (χ4n) is 1.11. The minimum atomic E-state index is -0.959. The Labute approximate surface area is 92.7 Å². The van der Waals surface area contributed by atoms with E-state index in [4.69, 9.17) is 17.3 Å². The number of hydrogen-bond donors (Lipinski definition) is 1. The molecule has 0 atom stereocenters. The molecular weight excluding hydrogens is 212 g/mol. The van der Waals surface area contributed by atoms with Gasteiger partial charge >= 0.3 is 5.97 Å². The van der Waals surface area contributed by atoms with Crippen molar-refractivity contribution < 1.29 is 14.7 Å². The first-order valence-corrected chi connectivity index (χ1v) is 4.91. The van der Waals surface area contributed by atoms with Crippen LogP contribution in [-0.2, 0) is 4.79 Å². The number of thiocarbonyl (C=S) groups is 1. The number of hydrogen-bond acceptors (Lipinski definition) is 3. The van der Waals surface area contributed by atoms with Crippen molar-refractivity contribution in [2.45, 2.75) is 12.8 Å². The van der Waals surface area contributed by atoms with E-state index in [1.165, 1.54) is 5.37 Å². The molecule has 0 unspecified atom stereocenters. The van der Waals surface area contributed by atoms with Gasteiger partial charge in [0, 0.05) is 17.4 Å². The molecule has 4 heteroatoms. The molecule has 1 aromatic rings. The molecule has 0 saturated heterocycles. The molecule has 1 aromatic carbocycles. The number of Topliss-reactive ketones (excluding diaryl/α,β-unsaturated/α-hetero) is 1. The maximum atomic E-state index is 11.4. The Bertz CT molecular complexity index is 381. The lowest BCUT2D eigenvalue weighted by atomic mass is 10.1. The summed E-state index contributed by atoms with van der Waals surface area (Å²) in [6, 6.07) is 6.78. The van der Waals surface area contributed by atoms with Crippen molar-refractivity contribution in [3.8, 4) is 0 Å². The van der Waals surface area contributed by atoms with Crippen molar-refractivity contribution >= 4 is 29.3 Å². The Morgan fingerprint density at radius 3 is 2.27 bits per heavy atom. The van der Waals surface area contributed by atoms with E-state index < -0.39 is 5.97 Å². The lowest BCUT2D eigenvalue weighted by molar-refractivity contribution is -0.136. The lowest BCUT2D eigenvalue weighted by Gasteiger charge is -1.99. The van der Waals surface area contributed by atoms with E-state index >= 15 is 0 Å². The van der Waals surface area contributed by atoms with Crippen LogP contribution in [-0.4, -0.2) is 22.2 Å². The van der Waals surface area contributed by atoms with E-state index in [9.17, 15) is 9.59 Å². The van der Waals surface area contributed by atoms with Crippen LogP contribution < -0.4 is 0 Å². The highest BCUT2D eigenvalue weighted by Gasteiger charge is 2.07. The van der Waals surface area contributed by atoms with Crippen LogP contribution in [0.5, 0.6) is 0 Å². The second-order valence-electron chi connectivity index (χ2n) is 3.06. The van der Waals surface area contributed by atoms with E-state index in [-0.39, 0.29) is 18.6 Å². The SMILES string of the molecule is O=C(O)CCC(=O)c1ccc(C=S)cc1. The molecule has 0 aliphatic rings. The fraction of sp³-hybridized carbons (Fsp3) is 0.182. The van der Waals surface area contributed by atoms with Gasteiger partial charge in [-0.3, -0.25) is 9.59 Å². The van der Waals surface area contributed by atoms with Gasteiger partial charge in [0.1, 0.15) is 0 Å². The second kappa shape index (κ2) is 5.36. The number of carboxylic acids is 1. The Morgan fingerprint density at radius 1 is 1.20 bits per heavy atom. The van der Waals surface area contributed by atoms with Crippen LogP contribution in [0.1, 0.15) is 28.8 Å². The summed E-state index contributed by atoms with van der Waals surface area (Å²) in [5.41, 5.74) is 1.39. The van der Waals surface area contributed by atoms with Crippen molar-refractivity contribution in [2.75, 3.05) is 0 Å². The zero-order valence-corrected chi connectivity index (χ0v) is 8.79. The number of carbonyl (C=O) groups excluding carboxylic acids is 1. The van der Waals surface area contributed by atoms with Crippen LogP contribution in [0.4, 0.5) is 0 Å². The summed E-state index contributed by atoms with van der Waals surface area (Å²) in [5.74, 6) is -1.12. The normalized spacial score (nSPS) is 9.60. The van der Waals surface area contributed by atoms with E-state index in [1.807, 2.05) is 0 Å². The third-order valence-corrected chi connectivity index (χ3v) is 2.21. The van der Waals surface area contributed by atoms with Gasteiger partial charge in [0.15, 0.2) is 5.78 Å². The van der Waals surface area contributed by atoms with Crippen molar-refractivity contribution in [1.82, 2.24) is 0 Å². The Balaban J connectivity index is 2.66. The third-order valence-electron chi connectivity index (χ3n) is 1.93. The van der Waals surface area contributed by atoms with Gasteiger partial charge < -0.3 is 5.11 Å². The predicted molar refractivity (Wildman–Crippen MR) is 60.4 cm³/mol. The second-order valence-corrected chi connectivity index (χ2v) is 3.29. The van der Waals surface area contributed by atoms with Gasteiger partial charge in [-0.2, -0.15) is 0 Å². The van der Waals surface area contributed by atoms with Crippen LogP contribution >= 0.6 is 12.2 Å². The Kier molecular flexibility index (Phi) is 4.12. The molecule has 0 saturated carbocycles. The summed E-state index contributed by atoms with van der Waals surface area (Å²) in [4.78, 5) is 21.7. The summed E-state index contributed by atoms with van der Waals surface area (Å²) < 4.78 is 0. The first-order valence-electron chi connectivity index (χ1n) is 4.43. The number of rotatable bonds is 5. The molecule has 0 heterocycles. The predicted octanol–water partition coefficient (Wildman–Crippen LogP) is 2.08. The third kappa shape index (κ3) is 3.59. The summed E-state index contributed by atoms with van der Waals surface area (Å²) in [5, 5.41) is 9.94. The van der Waals surface area contributed by atoms with E-state index in [0.717, 1.165) is 5.56 Å². The Hall–Kier alpha value is -1.55. The number of benzene rings is 1. The molecule has 0 radical (unpaired) electrons. The monoisotopic (exact) mass is 222 g/mol. The molecule has 78 valence electrons. The average molecular weight is 222 g/mol. The molecule has 0 spiro atoms. The summed E-state index contributed by atoms with van der Waals surface area (Å²) >= 11 is 4.73. The minimum Gasteiger partial charge on any atom is -0.481 e. The highest BCUT2D eigenvalue weighted by atomic mass is 32.1. The van der Waals surface area contributed by atoms with Crippen molar-refractivity contribution in [1.29, 1.82) is 0 Å². The first kappa shape index (κ1) is 11.5. The standard InChI is InChI=1S/C11H10O3S/c12-10(5-6-11(13)14)9-3-1-8(7-15)2-4-9/h1-4,7H,5-6H2,(H,13,14). The Morgan fingerprint density at radius 2 is 1.80 bits per heavy atom. The molecule has 1 rings (SSSR count). The zero-order valence-electron chi connectivity index (χ0n) is 7.97. The number of carbonyl (C=O) groups is 2. The largest absolute Gasteiger partial charge is 0.481 e. The van der Waals surface area contributed by atoms with Gasteiger partial charge in [-0.1, -0.05) is 36.5 Å². The van der Waals surface area contributed by atoms with Crippen molar-refractivity contribution in [2.24, 2.45) is 0 Å². The fourth-order valence-corrected chi connectivity index (χ4v) is 1.27. The average Bonchev–Trinajstić information content (AvgIpc) is 2.26. The van der Waals surface area contributed by atoms with Gasteiger partial charge in [0.05, 0.1) is 6.42 Å². The number of carboxylic acid groups (broad SMARTS) is 1. The highest BCUT2D eigenvalue weighted by Crippen LogP contribution is 2.07. The first-order chi connectivity index (χ1) is 7.13. The topological polar surface area (TPSA) is 54.4 Å². The van der Waals surface area contributed by atoms with E-state index in [0.29, 0.717) is 5.56 Å². The molecule has 0 fully saturated rings. The van der Waals surface area contributed by atoms with Crippen LogP contribution in [0.3, 0.4) is 0 Å². The van der Waals surface area contributed by atoms with E-state index in [2.05, 4.69) is 0 Å². The van der Waals surface area contributed by atoms with Gasteiger partial charge in [0.2, 0.25) is 0 Å². The molecule has 3 nitrogen and oxygen atoms in total. The maximum absolute atomic E-state index is 11.4. The van der Waals surface area contributed by atoms with Crippen LogP contribution in [0.25, 0.3) is 0 Å². The molecule has 0 aromatic heterocycles. The molecule has 15 heavy (non-hydrogen) atoms. The quantitative estimate of drug-likeness (QED) is 0.612. The van der Waals surface area contributed by atoms with Crippen LogP contribution in [0.2, 0.25) is 0 Å². The van der Waals surface area contributed by atoms with Crippen molar-refractivity contribution in [3.63, 3.8) is 0 Å². The molecule has 0 aliphatic heterocycles. The van der Waals surface area contributed by atoms with Gasteiger partial charge in [0.25, 0.3) is 0 Å². The summed E-state index contributed by atoms with van der Waals surface area (Å²) in [6.07, 6.45) is -0.0972. The van der Waals surface area contributed by atoms with Crippen LogP contribution in [0, 0.1) is 0 Å². The number of aliphatic carboxylic acids is 1. The van der Waals surface area contributed by atoms with Crippen LogP contribution in [0.15, 0.2) is 24.3 Å². The van der Waals surface area contributed by atoms with E-state index in [1.54, 1.807) is 24.3 Å². The minimum absolute atomic E-state index is 0.0340. The van der Waals surface area contributed by atoms with Gasteiger partial charge in [-0.25, -0.2) is 0 Å². The molecule has 0 aliphatic carbocycles. The molecule has 0 bridgehead atoms.